The lowest BCUT2D eigenvalue weighted by Gasteiger charge is -2.33. The second-order valence-electron chi connectivity index (χ2n) is 6.24. The number of rotatable bonds is 5. The van der Waals surface area contributed by atoms with Gasteiger partial charge in [-0.1, -0.05) is 29.8 Å². The first-order valence-corrected chi connectivity index (χ1v) is 9.88. The summed E-state index contributed by atoms with van der Waals surface area (Å²) < 4.78 is 19.9. The standard InChI is InChI=1S/C20H19ClFNO3S/c1-13(24)15-4-7-19(17(22)10-15)27-12-20(25)23-8-9-26-18(11-23)14-2-5-16(21)6-3-14/h2-7,10,18H,8-9,11-12H2,1H3. The smallest absolute Gasteiger partial charge is 0.233 e. The van der Waals surface area contributed by atoms with Crippen molar-refractivity contribution in [2.45, 2.75) is 17.9 Å². The predicted molar refractivity (Wildman–Crippen MR) is 104 cm³/mol. The highest BCUT2D eigenvalue weighted by Crippen LogP contribution is 2.26. The number of morpholine rings is 1. The third-order valence-electron chi connectivity index (χ3n) is 4.35. The maximum absolute atomic E-state index is 14.1. The lowest BCUT2D eigenvalue weighted by molar-refractivity contribution is -0.136. The van der Waals surface area contributed by atoms with Gasteiger partial charge in [-0.05, 0) is 36.8 Å². The molecule has 4 nitrogen and oxygen atoms in total. The van der Waals surface area contributed by atoms with E-state index in [0.29, 0.717) is 35.2 Å². The molecule has 0 spiro atoms. The molecule has 2 aromatic carbocycles. The van der Waals surface area contributed by atoms with Crippen LogP contribution in [0.1, 0.15) is 28.9 Å². The van der Waals surface area contributed by atoms with E-state index in [2.05, 4.69) is 0 Å². The van der Waals surface area contributed by atoms with Crippen LogP contribution >= 0.6 is 23.4 Å². The van der Waals surface area contributed by atoms with E-state index in [0.717, 1.165) is 17.3 Å². The number of hydrogen-bond acceptors (Lipinski definition) is 4. The van der Waals surface area contributed by atoms with Gasteiger partial charge in [-0.3, -0.25) is 9.59 Å². The first-order chi connectivity index (χ1) is 12.9. The molecule has 1 fully saturated rings. The molecule has 1 amide bonds. The van der Waals surface area contributed by atoms with E-state index in [1.807, 2.05) is 12.1 Å². The molecule has 0 N–H and O–H groups in total. The van der Waals surface area contributed by atoms with Gasteiger partial charge in [0.15, 0.2) is 5.78 Å². The zero-order valence-electron chi connectivity index (χ0n) is 14.8. The van der Waals surface area contributed by atoms with E-state index < -0.39 is 5.82 Å². The summed E-state index contributed by atoms with van der Waals surface area (Å²) in [6.45, 7) is 2.80. The summed E-state index contributed by atoms with van der Waals surface area (Å²) in [7, 11) is 0. The maximum atomic E-state index is 14.1. The van der Waals surface area contributed by atoms with Gasteiger partial charge in [0.2, 0.25) is 5.91 Å². The van der Waals surface area contributed by atoms with E-state index in [9.17, 15) is 14.0 Å². The Labute approximate surface area is 166 Å². The van der Waals surface area contributed by atoms with E-state index in [1.165, 1.54) is 13.0 Å². The number of carbonyl (C=O) groups is 2. The van der Waals surface area contributed by atoms with Gasteiger partial charge in [0.1, 0.15) is 11.9 Å². The summed E-state index contributed by atoms with van der Waals surface area (Å²) in [4.78, 5) is 25.9. The number of halogens is 2. The first kappa shape index (κ1) is 19.9. The number of ether oxygens (including phenoxy) is 1. The Morgan fingerprint density at radius 3 is 2.67 bits per heavy atom. The molecular formula is C20H19ClFNO3S. The molecule has 1 atom stereocenters. The largest absolute Gasteiger partial charge is 0.370 e. The van der Waals surface area contributed by atoms with Crippen molar-refractivity contribution in [1.29, 1.82) is 0 Å². The van der Waals surface area contributed by atoms with Crippen molar-refractivity contribution in [1.82, 2.24) is 4.90 Å². The summed E-state index contributed by atoms with van der Waals surface area (Å²) in [6, 6.07) is 11.7. The molecule has 0 radical (unpaired) electrons. The molecule has 0 aliphatic carbocycles. The van der Waals surface area contributed by atoms with Crippen LogP contribution < -0.4 is 0 Å². The molecule has 142 valence electrons. The van der Waals surface area contributed by atoms with Crippen LogP contribution in [0.25, 0.3) is 0 Å². The quantitative estimate of drug-likeness (QED) is 0.545. The SMILES string of the molecule is CC(=O)c1ccc(SCC(=O)N2CCOC(c3ccc(Cl)cc3)C2)c(F)c1. The number of thioether (sulfide) groups is 1. The topological polar surface area (TPSA) is 46.6 Å². The number of amides is 1. The summed E-state index contributed by atoms with van der Waals surface area (Å²) in [6.07, 6.45) is -0.198. The minimum Gasteiger partial charge on any atom is -0.370 e. The van der Waals surface area contributed by atoms with Crippen molar-refractivity contribution in [3.8, 4) is 0 Å². The highest BCUT2D eigenvalue weighted by Gasteiger charge is 2.25. The number of nitrogens with zero attached hydrogens (tertiary/aromatic N) is 1. The van der Waals surface area contributed by atoms with Crippen LogP contribution in [-0.4, -0.2) is 42.0 Å². The summed E-state index contributed by atoms with van der Waals surface area (Å²) in [5.74, 6) is -0.620. The summed E-state index contributed by atoms with van der Waals surface area (Å²) in [5, 5.41) is 0.650. The van der Waals surface area contributed by atoms with Gasteiger partial charge in [-0.2, -0.15) is 0 Å². The van der Waals surface area contributed by atoms with Crippen LogP contribution in [0, 0.1) is 5.82 Å². The molecule has 7 heteroatoms. The highest BCUT2D eigenvalue weighted by molar-refractivity contribution is 8.00. The fraction of sp³-hybridized carbons (Fsp3) is 0.300. The lowest BCUT2D eigenvalue weighted by atomic mass is 10.1. The molecule has 27 heavy (non-hydrogen) atoms. The fourth-order valence-electron chi connectivity index (χ4n) is 2.82. The Balaban J connectivity index is 1.59. The van der Waals surface area contributed by atoms with Gasteiger partial charge in [0, 0.05) is 22.0 Å². The molecule has 2 aromatic rings. The monoisotopic (exact) mass is 407 g/mol. The van der Waals surface area contributed by atoms with Crippen LogP contribution in [0.3, 0.4) is 0 Å². The van der Waals surface area contributed by atoms with Gasteiger partial charge in [0.05, 0.1) is 18.9 Å². The van der Waals surface area contributed by atoms with Crippen LogP contribution in [-0.2, 0) is 9.53 Å². The average molecular weight is 408 g/mol. The van der Waals surface area contributed by atoms with Crippen molar-refractivity contribution in [3.63, 3.8) is 0 Å². The Morgan fingerprint density at radius 2 is 2.00 bits per heavy atom. The van der Waals surface area contributed by atoms with Crippen LogP contribution in [0.5, 0.6) is 0 Å². The van der Waals surface area contributed by atoms with Crippen molar-refractivity contribution < 1.29 is 18.7 Å². The Kier molecular flexibility index (Phi) is 6.52. The van der Waals surface area contributed by atoms with Gasteiger partial charge in [-0.15, -0.1) is 11.8 Å². The average Bonchev–Trinajstić information content (AvgIpc) is 2.67. The van der Waals surface area contributed by atoms with Crippen molar-refractivity contribution in [3.05, 3.63) is 64.4 Å². The second-order valence-corrected chi connectivity index (χ2v) is 7.69. The summed E-state index contributed by atoms with van der Waals surface area (Å²) in [5.41, 5.74) is 1.29. The normalized spacial score (nSPS) is 17.0. The van der Waals surface area contributed by atoms with E-state index in [4.69, 9.17) is 16.3 Å². The van der Waals surface area contributed by atoms with Gasteiger partial charge >= 0.3 is 0 Å². The molecule has 1 heterocycles. The third kappa shape index (κ3) is 5.09. The Morgan fingerprint density at radius 1 is 1.26 bits per heavy atom. The Hall–Kier alpha value is -1.89. The molecule has 0 bridgehead atoms. The number of Topliss-reactive ketones (excluding diaryl/α,β-unsaturated/α-hetero) is 1. The zero-order chi connectivity index (χ0) is 19.4. The first-order valence-electron chi connectivity index (χ1n) is 8.52. The number of carbonyl (C=O) groups excluding carboxylic acids is 2. The predicted octanol–water partition coefficient (Wildman–Crippen LogP) is 4.37. The molecule has 3 rings (SSSR count). The van der Waals surface area contributed by atoms with E-state index in [1.54, 1.807) is 29.2 Å². The molecule has 0 aromatic heterocycles. The van der Waals surface area contributed by atoms with Crippen molar-refractivity contribution >= 4 is 35.1 Å². The van der Waals surface area contributed by atoms with E-state index >= 15 is 0 Å². The van der Waals surface area contributed by atoms with Crippen molar-refractivity contribution in [2.75, 3.05) is 25.4 Å². The molecule has 1 aliphatic heterocycles. The summed E-state index contributed by atoms with van der Waals surface area (Å²) >= 11 is 7.04. The molecular weight excluding hydrogens is 389 g/mol. The van der Waals surface area contributed by atoms with Crippen LogP contribution in [0.15, 0.2) is 47.4 Å². The van der Waals surface area contributed by atoms with Gasteiger partial charge in [-0.25, -0.2) is 4.39 Å². The number of benzene rings is 2. The second kappa shape index (κ2) is 8.87. The lowest BCUT2D eigenvalue weighted by Crippen LogP contribution is -2.43. The van der Waals surface area contributed by atoms with Crippen LogP contribution in [0.4, 0.5) is 4.39 Å². The number of hydrogen-bond donors (Lipinski definition) is 0. The fourth-order valence-corrected chi connectivity index (χ4v) is 3.77. The number of ketones is 1. The zero-order valence-corrected chi connectivity index (χ0v) is 16.4. The minimum absolute atomic E-state index is 0.0719. The van der Waals surface area contributed by atoms with Gasteiger partial charge < -0.3 is 9.64 Å². The third-order valence-corrected chi connectivity index (χ3v) is 5.64. The maximum Gasteiger partial charge on any atom is 0.233 e. The molecule has 1 saturated heterocycles. The minimum atomic E-state index is -0.485. The van der Waals surface area contributed by atoms with Gasteiger partial charge in [0.25, 0.3) is 0 Å². The van der Waals surface area contributed by atoms with Crippen LogP contribution in [0.2, 0.25) is 5.02 Å². The van der Waals surface area contributed by atoms with E-state index in [-0.39, 0.29) is 23.5 Å². The molecule has 1 aliphatic rings. The molecule has 0 saturated carbocycles. The van der Waals surface area contributed by atoms with Crippen molar-refractivity contribution in [2.24, 2.45) is 0 Å². The highest BCUT2D eigenvalue weighted by atomic mass is 35.5. The Bertz CT molecular complexity index is 844. The molecule has 1 unspecified atom stereocenters.